The lowest BCUT2D eigenvalue weighted by Gasteiger charge is -2.18. The van der Waals surface area contributed by atoms with E-state index in [1.54, 1.807) is 18.2 Å². The van der Waals surface area contributed by atoms with Crippen LogP contribution in [0.2, 0.25) is 0 Å². The zero-order valence-electron chi connectivity index (χ0n) is 11.9. The molecular weight excluding hydrogens is 254 g/mol. The standard InChI is InChI=1S/C14H19N5O/c1-14(2,3)9-20-11-6-4-10(5-7-11)18-19-12(8-15)13(16)17/h4-7,18H,9H2,1-3H3,(H3,16,17)/b19-12+. The molecule has 0 aliphatic carbocycles. The summed E-state index contributed by atoms with van der Waals surface area (Å²) in [6.45, 7) is 6.93. The van der Waals surface area contributed by atoms with Crippen molar-refractivity contribution in [2.24, 2.45) is 16.3 Å². The Balaban J connectivity index is 2.64. The summed E-state index contributed by atoms with van der Waals surface area (Å²) >= 11 is 0. The van der Waals surface area contributed by atoms with Gasteiger partial charge in [-0.1, -0.05) is 20.8 Å². The van der Waals surface area contributed by atoms with Crippen LogP contribution in [-0.4, -0.2) is 18.2 Å². The summed E-state index contributed by atoms with van der Waals surface area (Å²) < 4.78 is 5.64. The molecule has 6 nitrogen and oxygen atoms in total. The van der Waals surface area contributed by atoms with Crippen LogP contribution < -0.4 is 15.9 Å². The predicted octanol–water partition coefficient (Wildman–Crippen LogP) is 2.34. The van der Waals surface area contributed by atoms with E-state index in [1.165, 1.54) is 0 Å². The second-order valence-corrected chi connectivity index (χ2v) is 5.47. The monoisotopic (exact) mass is 273 g/mol. The summed E-state index contributed by atoms with van der Waals surface area (Å²) in [6.07, 6.45) is 0. The molecule has 0 bridgehead atoms. The molecule has 0 saturated heterocycles. The van der Waals surface area contributed by atoms with Crippen molar-refractivity contribution in [2.75, 3.05) is 12.0 Å². The fourth-order valence-electron chi connectivity index (χ4n) is 1.19. The van der Waals surface area contributed by atoms with Gasteiger partial charge in [-0.25, -0.2) is 0 Å². The largest absolute Gasteiger partial charge is 0.493 e. The lowest BCUT2D eigenvalue weighted by molar-refractivity contribution is 0.198. The van der Waals surface area contributed by atoms with Gasteiger partial charge in [0.15, 0.2) is 5.84 Å². The molecule has 0 aromatic heterocycles. The minimum Gasteiger partial charge on any atom is -0.493 e. The summed E-state index contributed by atoms with van der Waals surface area (Å²) in [4.78, 5) is 0. The van der Waals surface area contributed by atoms with Crippen molar-refractivity contribution < 1.29 is 4.74 Å². The van der Waals surface area contributed by atoms with Gasteiger partial charge in [0.25, 0.3) is 0 Å². The smallest absolute Gasteiger partial charge is 0.201 e. The van der Waals surface area contributed by atoms with E-state index in [4.69, 9.17) is 21.1 Å². The molecular formula is C14H19N5O. The maximum Gasteiger partial charge on any atom is 0.201 e. The Bertz CT molecular complexity index is 534. The fourth-order valence-corrected chi connectivity index (χ4v) is 1.19. The first-order valence-electron chi connectivity index (χ1n) is 6.13. The number of hydrogen-bond donors (Lipinski definition) is 3. The molecule has 0 spiro atoms. The van der Waals surface area contributed by atoms with Crippen LogP contribution in [0.15, 0.2) is 29.4 Å². The first-order chi connectivity index (χ1) is 9.31. The van der Waals surface area contributed by atoms with Crippen molar-refractivity contribution in [3.05, 3.63) is 24.3 Å². The zero-order chi connectivity index (χ0) is 15.2. The molecule has 1 aromatic carbocycles. The van der Waals surface area contributed by atoms with Crippen LogP contribution >= 0.6 is 0 Å². The van der Waals surface area contributed by atoms with Gasteiger partial charge in [-0.2, -0.15) is 10.4 Å². The molecule has 1 aromatic rings. The van der Waals surface area contributed by atoms with Gasteiger partial charge < -0.3 is 10.5 Å². The van der Waals surface area contributed by atoms with E-state index in [-0.39, 0.29) is 17.0 Å². The van der Waals surface area contributed by atoms with Gasteiger partial charge >= 0.3 is 0 Å². The second kappa shape index (κ2) is 6.57. The van der Waals surface area contributed by atoms with E-state index in [0.717, 1.165) is 5.75 Å². The number of hydrogen-bond acceptors (Lipinski definition) is 5. The minimum absolute atomic E-state index is 0.102. The van der Waals surface area contributed by atoms with Crippen LogP contribution in [0.25, 0.3) is 0 Å². The Morgan fingerprint density at radius 3 is 2.45 bits per heavy atom. The highest BCUT2D eigenvalue weighted by Crippen LogP contribution is 2.19. The maximum absolute atomic E-state index is 8.70. The van der Waals surface area contributed by atoms with E-state index in [0.29, 0.717) is 12.3 Å². The summed E-state index contributed by atoms with van der Waals surface area (Å²) in [5.41, 5.74) is 8.48. The number of nitrogens with two attached hydrogens (primary N) is 1. The normalized spacial score (nSPS) is 11.6. The molecule has 0 atom stereocenters. The SMILES string of the molecule is CC(C)(C)COc1ccc(N/N=C(\C#N)C(=N)N)cc1. The van der Waals surface area contributed by atoms with Gasteiger partial charge in [-0.05, 0) is 29.7 Å². The lowest BCUT2D eigenvalue weighted by Crippen LogP contribution is -2.21. The third kappa shape index (κ3) is 5.40. The number of nitriles is 1. The average Bonchev–Trinajstić information content (AvgIpc) is 2.37. The Hall–Kier alpha value is -2.55. The molecule has 0 fully saturated rings. The van der Waals surface area contributed by atoms with Crippen molar-refractivity contribution in [1.82, 2.24) is 0 Å². The van der Waals surface area contributed by atoms with Gasteiger partial charge in [-0.3, -0.25) is 10.8 Å². The Morgan fingerprint density at radius 1 is 1.40 bits per heavy atom. The van der Waals surface area contributed by atoms with E-state index >= 15 is 0 Å². The molecule has 20 heavy (non-hydrogen) atoms. The third-order valence-corrected chi connectivity index (χ3v) is 2.18. The molecule has 0 aliphatic heterocycles. The van der Waals surface area contributed by atoms with Crippen LogP contribution in [0.5, 0.6) is 5.75 Å². The van der Waals surface area contributed by atoms with Crippen molar-refractivity contribution in [3.8, 4) is 11.8 Å². The number of rotatable bonds is 5. The van der Waals surface area contributed by atoms with Crippen LogP contribution in [0.1, 0.15) is 20.8 Å². The lowest BCUT2D eigenvalue weighted by atomic mass is 9.99. The predicted molar refractivity (Wildman–Crippen MR) is 80.0 cm³/mol. The first kappa shape index (κ1) is 15.5. The highest BCUT2D eigenvalue weighted by atomic mass is 16.5. The number of nitrogens with zero attached hydrogens (tertiary/aromatic N) is 2. The van der Waals surface area contributed by atoms with Gasteiger partial charge in [0.1, 0.15) is 11.8 Å². The Morgan fingerprint density at radius 2 is 2.00 bits per heavy atom. The topological polar surface area (TPSA) is 107 Å². The van der Waals surface area contributed by atoms with Crippen LogP contribution in [0, 0.1) is 22.2 Å². The average molecular weight is 273 g/mol. The van der Waals surface area contributed by atoms with Gasteiger partial charge in [0.2, 0.25) is 5.71 Å². The molecule has 106 valence electrons. The van der Waals surface area contributed by atoms with Crippen molar-refractivity contribution >= 4 is 17.2 Å². The molecule has 4 N–H and O–H groups in total. The van der Waals surface area contributed by atoms with E-state index in [9.17, 15) is 0 Å². The van der Waals surface area contributed by atoms with Crippen molar-refractivity contribution in [3.63, 3.8) is 0 Å². The molecule has 6 heteroatoms. The molecule has 0 radical (unpaired) electrons. The van der Waals surface area contributed by atoms with E-state index in [2.05, 4.69) is 31.3 Å². The van der Waals surface area contributed by atoms with Crippen LogP contribution in [0.3, 0.4) is 0 Å². The number of nitrogens with one attached hydrogen (secondary N) is 2. The second-order valence-electron chi connectivity index (χ2n) is 5.47. The fraction of sp³-hybridized carbons (Fsp3) is 0.357. The maximum atomic E-state index is 8.70. The molecule has 0 heterocycles. The van der Waals surface area contributed by atoms with Gasteiger partial charge in [-0.15, -0.1) is 0 Å². The third-order valence-electron chi connectivity index (χ3n) is 2.18. The molecule has 0 amide bonds. The summed E-state index contributed by atoms with van der Waals surface area (Å²) in [6, 6.07) is 8.90. The molecule has 0 saturated carbocycles. The van der Waals surface area contributed by atoms with Crippen LogP contribution in [0.4, 0.5) is 5.69 Å². The first-order valence-corrected chi connectivity index (χ1v) is 6.13. The van der Waals surface area contributed by atoms with Gasteiger partial charge in [0.05, 0.1) is 12.3 Å². The zero-order valence-corrected chi connectivity index (χ0v) is 11.9. The molecule has 0 aliphatic rings. The van der Waals surface area contributed by atoms with Crippen molar-refractivity contribution in [2.45, 2.75) is 20.8 Å². The number of benzene rings is 1. The number of hydrazone groups is 1. The number of ether oxygens (including phenoxy) is 1. The Labute approximate surface area is 118 Å². The minimum atomic E-state index is -0.370. The highest BCUT2D eigenvalue weighted by molar-refractivity contribution is 6.45. The van der Waals surface area contributed by atoms with E-state index in [1.807, 2.05) is 12.1 Å². The highest BCUT2D eigenvalue weighted by Gasteiger charge is 2.10. The Kier molecular flexibility index (Phi) is 5.09. The van der Waals surface area contributed by atoms with Crippen LogP contribution in [-0.2, 0) is 0 Å². The summed E-state index contributed by atoms with van der Waals surface area (Å²) in [5.74, 6) is 0.395. The summed E-state index contributed by atoms with van der Waals surface area (Å²) in [7, 11) is 0. The number of anilines is 1. The van der Waals surface area contributed by atoms with Crippen molar-refractivity contribution in [1.29, 1.82) is 10.7 Å². The van der Waals surface area contributed by atoms with E-state index < -0.39 is 0 Å². The molecule has 0 unspecified atom stereocenters. The van der Waals surface area contributed by atoms with Gasteiger partial charge in [0, 0.05) is 0 Å². The summed E-state index contributed by atoms with van der Waals surface area (Å²) in [5, 5.41) is 19.6. The quantitative estimate of drug-likeness (QED) is 0.434. The number of amidine groups is 1. The molecule has 1 rings (SSSR count).